The van der Waals surface area contributed by atoms with Gasteiger partial charge in [-0.1, -0.05) is 0 Å². The summed E-state index contributed by atoms with van der Waals surface area (Å²) in [6.07, 6.45) is 5.24. The third kappa shape index (κ3) is 3.52. The zero-order chi connectivity index (χ0) is 12.0. The summed E-state index contributed by atoms with van der Waals surface area (Å²) in [7, 11) is 0. The molecule has 4 nitrogen and oxygen atoms in total. The highest BCUT2D eigenvalue weighted by Gasteiger charge is 2.05. The van der Waals surface area contributed by atoms with Crippen LogP contribution in [0.5, 0.6) is 0 Å². The van der Waals surface area contributed by atoms with Crippen LogP contribution in [0.1, 0.15) is 32.7 Å². The molecule has 1 aromatic heterocycles. The van der Waals surface area contributed by atoms with E-state index in [1.807, 2.05) is 13.8 Å². The Hall–Kier alpha value is -1.03. The zero-order valence-electron chi connectivity index (χ0n) is 9.74. The van der Waals surface area contributed by atoms with Crippen molar-refractivity contribution in [2.75, 3.05) is 17.7 Å². The van der Waals surface area contributed by atoms with Crippen molar-refractivity contribution in [2.24, 2.45) is 0 Å². The van der Waals surface area contributed by atoms with Crippen LogP contribution < -0.4 is 10.9 Å². The van der Waals surface area contributed by atoms with Crippen LogP contribution in [-0.2, 0) is 0 Å². The van der Waals surface area contributed by atoms with Crippen LogP contribution in [-0.4, -0.2) is 22.0 Å². The van der Waals surface area contributed by atoms with Crippen molar-refractivity contribution in [1.82, 2.24) is 9.55 Å². The molecule has 0 amide bonds. The van der Waals surface area contributed by atoms with E-state index in [1.54, 1.807) is 17.0 Å². The second-order valence-corrected chi connectivity index (χ2v) is 4.28. The fourth-order valence-electron chi connectivity index (χ4n) is 1.38. The predicted octanol–water partition coefficient (Wildman–Crippen LogP) is 2.26. The maximum atomic E-state index is 11.9. The van der Waals surface area contributed by atoms with E-state index >= 15 is 0 Å². The molecule has 1 aromatic rings. The molecular formula is C11H18ClN3O. The number of nitrogens with one attached hydrogen (secondary N) is 1. The molecule has 0 spiro atoms. The van der Waals surface area contributed by atoms with Crippen LogP contribution in [0.2, 0.25) is 0 Å². The highest BCUT2D eigenvalue weighted by molar-refractivity contribution is 6.17. The second-order valence-electron chi connectivity index (χ2n) is 3.90. The van der Waals surface area contributed by atoms with Gasteiger partial charge in [-0.05, 0) is 26.7 Å². The number of alkyl halides is 1. The van der Waals surface area contributed by atoms with E-state index in [9.17, 15) is 4.79 Å². The second kappa shape index (κ2) is 6.53. The molecule has 0 radical (unpaired) electrons. The average Bonchev–Trinajstić information content (AvgIpc) is 2.26. The number of halogens is 1. The summed E-state index contributed by atoms with van der Waals surface area (Å²) >= 11 is 5.57. The lowest BCUT2D eigenvalue weighted by atomic mass is 10.3. The van der Waals surface area contributed by atoms with Gasteiger partial charge in [0.2, 0.25) is 0 Å². The van der Waals surface area contributed by atoms with Gasteiger partial charge in [0.15, 0.2) is 5.82 Å². The minimum atomic E-state index is -0.0663. The Morgan fingerprint density at radius 1 is 1.50 bits per heavy atom. The molecule has 0 saturated heterocycles. The molecule has 0 atom stereocenters. The topological polar surface area (TPSA) is 46.9 Å². The Morgan fingerprint density at radius 2 is 2.25 bits per heavy atom. The fraction of sp³-hybridized carbons (Fsp3) is 0.636. The van der Waals surface area contributed by atoms with Crippen LogP contribution in [0.25, 0.3) is 0 Å². The molecule has 90 valence electrons. The van der Waals surface area contributed by atoms with Gasteiger partial charge in [0, 0.05) is 30.9 Å². The predicted molar refractivity (Wildman–Crippen MR) is 67.3 cm³/mol. The molecule has 0 unspecified atom stereocenters. The summed E-state index contributed by atoms with van der Waals surface area (Å²) in [5.74, 6) is 1.07. The Morgan fingerprint density at radius 3 is 2.88 bits per heavy atom. The molecule has 1 N–H and O–H groups in total. The largest absolute Gasteiger partial charge is 0.365 e. The van der Waals surface area contributed by atoms with Crippen LogP contribution in [0, 0.1) is 0 Å². The lowest BCUT2D eigenvalue weighted by molar-refractivity contribution is 0.575. The standard InChI is InChI=1S/C11H18ClN3O/c1-9(2)15-8-7-14-10(11(15)16)13-6-4-3-5-12/h7-9H,3-6H2,1-2H3,(H,13,14). The molecule has 5 heteroatoms. The molecule has 0 aliphatic rings. The number of aromatic nitrogens is 2. The first kappa shape index (κ1) is 13.0. The first-order valence-electron chi connectivity index (χ1n) is 5.53. The fourth-order valence-corrected chi connectivity index (χ4v) is 1.57. The smallest absolute Gasteiger partial charge is 0.293 e. The van der Waals surface area contributed by atoms with E-state index in [4.69, 9.17) is 11.6 Å². The number of unbranched alkanes of at least 4 members (excludes halogenated alkanes) is 1. The van der Waals surface area contributed by atoms with Gasteiger partial charge in [-0.25, -0.2) is 4.98 Å². The summed E-state index contributed by atoms with van der Waals surface area (Å²) in [5, 5.41) is 3.04. The molecule has 1 rings (SSSR count). The first-order valence-corrected chi connectivity index (χ1v) is 6.07. The molecule has 0 aliphatic heterocycles. The van der Waals surface area contributed by atoms with Crippen molar-refractivity contribution in [2.45, 2.75) is 32.7 Å². The van der Waals surface area contributed by atoms with Gasteiger partial charge < -0.3 is 9.88 Å². The molecule has 0 aromatic carbocycles. The number of hydrogen-bond donors (Lipinski definition) is 1. The van der Waals surface area contributed by atoms with Crippen molar-refractivity contribution in [3.63, 3.8) is 0 Å². The Bertz CT molecular complexity index is 376. The molecule has 1 heterocycles. The summed E-state index contributed by atoms with van der Waals surface area (Å²) in [6.45, 7) is 4.68. The van der Waals surface area contributed by atoms with Gasteiger partial charge in [0.05, 0.1) is 0 Å². The van der Waals surface area contributed by atoms with Gasteiger partial charge in [-0.15, -0.1) is 11.6 Å². The molecular weight excluding hydrogens is 226 g/mol. The third-order valence-electron chi connectivity index (χ3n) is 2.28. The van der Waals surface area contributed by atoms with Gasteiger partial charge in [0.25, 0.3) is 5.56 Å². The number of anilines is 1. The summed E-state index contributed by atoms with van der Waals surface area (Å²) in [4.78, 5) is 15.9. The molecule has 0 bridgehead atoms. The molecule has 0 fully saturated rings. The summed E-state index contributed by atoms with van der Waals surface area (Å²) in [5.41, 5.74) is -0.0663. The Balaban J connectivity index is 2.66. The lowest BCUT2D eigenvalue weighted by Crippen LogP contribution is -2.25. The van der Waals surface area contributed by atoms with E-state index in [2.05, 4.69) is 10.3 Å². The van der Waals surface area contributed by atoms with Crippen LogP contribution in [0.4, 0.5) is 5.82 Å². The van der Waals surface area contributed by atoms with Gasteiger partial charge in [0.1, 0.15) is 0 Å². The first-order chi connectivity index (χ1) is 7.66. The van der Waals surface area contributed by atoms with Gasteiger partial charge in [-0.2, -0.15) is 0 Å². The van der Waals surface area contributed by atoms with Crippen LogP contribution in [0.15, 0.2) is 17.2 Å². The average molecular weight is 244 g/mol. The van der Waals surface area contributed by atoms with Crippen molar-refractivity contribution >= 4 is 17.4 Å². The lowest BCUT2D eigenvalue weighted by Gasteiger charge is -2.11. The summed E-state index contributed by atoms with van der Waals surface area (Å²) < 4.78 is 1.66. The van der Waals surface area contributed by atoms with E-state index in [0.29, 0.717) is 11.7 Å². The van der Waals surface area contributed by atoms with Crippen molar-refractivity contribution in [3.05, 3.63) is 22.7 Å². The molecule has 16 heavy (non-hydrogen) atoms. The number of hydrogen-bond acceptors (Lipinski definition) is 3. The Labute approximate surface area is 101 Å². The maximum absolute atomic E-state index is 11.9. The van der Waals surface area contributed by atoms with Gasteiger partial charge >= 0.3 is 0 Å². The van der Waals surface area contributed by atoms with E-state index in [-0.39, 0.29) is 11.6 Å². The normalized spacial score (nSPS) is 10.8. The van der Waals surface area contributed by atoms with Crippen molar-refractivity contribution in [3.8, 4) is 0 Å². The van der Waals surface area contributed by atoms with E-state index < -0.39 is 0 Å². The SMILES string of the molecule is CC(C)n1ccnc(NCCCCCl)c1=O. The number of rotatable bonds is 6. The summed E-state index contributed by atoms with van der Waals surface area (Å²) in [6, 6.07) is 0.152. The maximum Gasteiger partial charge on any atom is 0.293 e. The van der Waals surface area contributed by atoms with E-state index in [0.717, 1.165) is 19.4 Å². The van der Waals surface area contributed by atoms with Crippen molar-refractivity contribution in [1.29, 1.82) is 0 Å². The molecule has 0 aliphatic carbocycles. The highest BCUT2D eigenvalue weighted by Crippen LogP contribution is 2.01. The van der Waals surface area contributed by atoms with Crippen LogP contribution in [0.3, 0.4) is 0 Å². The quantitative estimate of drug-likeness (QED) is 0.616. The monoisotopic (exact) mass is 243 g/mol. The van der Waals surface area contributed by atoms with Crippen molar-refractivity contribution < 1.29 is 0 Å². The minimum Gasteiger partial charge on any atom is -0.365 e. The highest BCUT2D eigenvalue weighted by atomic mass is 35.5. The van der Waals surface area contributed by atoms with Crippen LogP contribution >= 0.6 is 11.6 Å². The minimum absolute atomic E-state index is 0.0663. The number of nitrogens with zero attached hydrogens (tertiary/aromatic N) is 2. The van der Waals surface area contributed by atoms with E-state index in [1.165, 1.54) is 0 Å². The third-order valence-corrected chi connectivity index (χ3v) is 2.54. The van der Waals surface area contributed by atoms with Gasteiger partial charge in [-0.3, -0.25) is 4.79 Å². The zero-order valence-corrected chi connectivity index (χ0v) is 10.5. The molecule has 0 saturated carbocycles. The Kier molecular flexibility index (Phi) is 5.32.